The van der Waals surface area contributed by atoms with Crippen LogP contribution in [0.5, 0.6) is 0 Å². The number of amides is 2. The summed E-state index contributed by atoms with van der Waals surface area (Å²) in [6.07, 6.45) is 1.61. The third-order valence-corrected chi connectivity index (χ3v) is 7.21. The van der Waals surface area contributed by atoms with Gasteiger partial charge in [-0.3, -0.25) is 9.59 Å². The van der Waals surface area contributed by atoms with Crippen molar-refractivity contribution >= 4 is 81.4 Å². The maximum absolute atomic E-state index is 14.2. The number of halogens is 6. The van der Waals surface area contributed by atoms with Gasteiger partial charge in [-0.1, -0.05) is 41.9 Å². The third-order valence-electron chi connectivity index (χ3n) is 5.73. The predicted molar refractivity (Wildman–Crippen MR) is 141 cm³/mol. The van der Waals surface area contributed by atoms with Crippen molar-refractivity contribution in [2.75, 3.05) is 16.4 Å². The van der Waals surface area contributed by atoms with E-state index in [9.17, 15) is 18.4 Å². The van der Waals surface area contributed by atoms with Crippen LogP contribution < -0.4 is 16.4 Å². The molecular formula is C25H17Cl4F2N3O2. The fourth-order valence-corrected chi connectivity index (χ4v) is 5.14. The summed E-state index contributed by atoms with van der Waals surface area (Å²) in [5, 5.41) is 5.44. The standard InChI is InChI=1S/C25H17Cl4F2N3O2/c1-2-11-7-12(9-13(26)8-11)19-20(25(19,28)29)24(36)33-14-3-4-16(27)15(10-14)23(35)34-18-6-5-17(30)22(32)21(18)31/h2-10,19-20H,1,32H2,(H,33,36)(H,34,35). The zero-order valence-corrected chi connectivity index (χ0v) is 21.2. The number of nitrogens with one attached hydrogen (secondary N) is 2. The molecule has 3 aromatic rings. The summed E-state index contributed by atoms with van der Waals surface area (Å²) in [5.41, 5.74) is 5.85. The number of nitrogen functional groups attached to an aromatic ring is 1. The molecule has 186 valence electrons. The molecule has 1 saturated carbocycles. The smallest absolute Gasteiger partial charge is 0.257 e. The van der Waals surface area contributed by atoms with Gasteiger partial charge in [-0.2, -0.15) is 0 Å². The van der Waals surface area contributed by atoms with Crippen molar-refractivity contribution in [2.24, 2.45) is 5.92 Å². The van der Waals surface area contributed by atoms with Crippen molar-refractivity contribution in [3.8, 4) is 0 Å². The van der Waals surface area contributed by atoms with Crippen LogP contribution in [0.2, 0.25) is 10.0 Å². The molecule has 0 aromatic heterocycles. The Labute approximate surface area is 225 Å². The minimum absolute atomic E-state index is 0.0326. The highest BCUT2D eigenvalue weighted by Gasteiger charge is 2.67. The monoisotopic (exact) mass is 569 g/mol. The van der Waals surface area contributed by atoms with Crippen LogP contribution in [0.4, 0.5) is 25.8 Å². The molecule has 2 unspecified atom stereocenters. The molecule has 1 aliphatic rings. The van der Waals surface area contributed by atoms with Crippen LogP contribution in [-0.2, 0) is 4.79 Å². The lowest BCUT2D eigenvalue weighted by Gasteiger charge is -2.11. The van der Waals surface area contributed by atoms with Crippen LogP contribution in [0.25, 0.3) is 6.08 Å². The first kappa shape index (κ1) is 26.2. The highest BCUT2D eigenvalue weighted by atomic mass is 35.5. The molecule has 0 aliphatic heterocycles. The Morgan fingerprint density at radius 1 is 1.03 bits per heavy atom. The van der Waals surface area contributed by atoms with Crippen LogP contribution in [0.1, 0.15) is 27.4 Å². The van der Waals surface area contributed by atoms with Crippen LogP contribution in [0, 0.1) is 17.6 Å². The van der Waals surface area contributed by atoms with Gasteiger partial charge in [-0.25, -0.2) is 8.78 Å². The number of rotatable bonds is 6. The Hall–Kier alpha value is -2.84. The Kier molecular flexibility index (Phi) is 7.21. The number of carbonyl (C=O) groups is 2. The molecule has 1 aliphatic carbocycles. The van der Waals surface area contributed by atoms with Crippen LogP contribution in [-0.4, -0.2) is 16.1 Å². The van der Waals surface area contributed by atoms with E-state index in [1.54, 1.807) is 24.3 Å². The molecule has 0 radical (unpaired) electrons. The summed E-state index contributed by atoms with van der Waals surface area (Å²) in [6.45, 7) is 3.72. The lowest BCUT2D eigenvalue weighted by Crippen LogP contribution is -2.18. The average Bonchev–Trinajstić information content (AvgIpc) is 3.42. The third kappa shape index (κ3) is 5.02. The van der Waals surface area contributed by atoms with Gasteiger partial charge in [0.1, 0.15) is 15.8 Å². The van der Waals surface area contributed by atoms with E-state index in [2.05, 4.69) is 17.2 Å². The summed E-state index contributed by atoms with van der Waals surface area (Å²) >= 11 is 25.2. The SMILES string of the molecule is C=Cc1cc(Cl)cc(C2C(C(=O)Nc3ccc(Cl)c(C(=O)Nc4ccc(F)c(N)c4F)c3)C2(Cl)Cl)c1. The number of nitrogens with two attached hydrogens (primary N) is 1. The van der Waals surface area contributed by atoms with Gasteiger partial charge < -0.3 is 16.4 Å². The molecule has 3 aromatic carbocycles. The van der Waals surface area contributed by atoms with Crippen LogP contribution >= 0.6 is 46.4 Å². The first-order chi connectivity index (χ1) is 16.9. The van der Waals surface area contributed by atoms with Crippen molar-refractivity contribution < 1.29 is 18.4 Å². The lowest BCUT2D eigenvalue weighted by molar-refractivity contribution is -0.117. The minimum Gasteiger partial charge on any atom is -0.394 e. The molecule has 5 nitrogen and oxygen atoms in total. The zero-order chi connectivity index (χ0) is 26.4. The quantitative estimate of drug-likeness (QED) is 0.215. The summed E-state index contributed by atoms with van der Waals surface area (Å²) in [4.78, 5) is 25.7. The summed E-state index contributed by atoms with van der Waals surface area (Å²) < 4.78 is 26.2. The second kappa shape index (κ2) is 9.90. The van der Waals surface area contributed by atoms with Crippen molar-refractivity contribution in [3.05, 3.63) is 93.5 Å². The lowest BCUT2D eigenvalue weighted by atomic mass is 10.1. The fraction of sp³-hybridized carbons (Fsp3) is 0.120. The Morgan fingerprint density at radius 3 is 2.44 bits per heavy atom. The van der Waals surface area contributed by atoms with Crippen LogP contribution in [0.3, 0.4) is 0 Å². The second-order valence-electron chi connectivity index (χ2n) is 8.11. The Balaban J connectivity index is 1.53. The van der Waals surface area contributed by atoms with E-state index in [1.807, 2.05) is 0 Å². The van der Waals surface area contributed by atoms with E-state index < -0.39 is 45.3 Å². The molecule has 0 bridgehead atoms. The summed E-state index contributed by atoms with van der Waals surface area (Å²) in [7, 11) is 0. The highest BCUT2D eigenvalue weighted by molar-refractivity contribution is 6.53. The van der Waals surface area contributed by atoms with Gasteiger partial charge >= 0.3 is 0 Å². The average molecular weight is 571 g/mol. The highest BCUT2D eigenvalue weighted by Crippen LogP contribution is 2.65. The number of hydrogen-bond donors (Lipinski definition) is 3. The summed E-state index contributed by atoms with van der Waals surface area (Å²) in [6, 6.07) is 11.3. The van der Waals surface area contributed by atoms with Gasteiger partial charge in [0, 0.05) is 16.6 Å². The largest absolute Gasteiger partial charge is 0.394 e. The number of hydrogen-bond acceptors (Lipinski definition) is 3. The molecule has 11 heteroatoms. The zero-order valence-electron chi connectivity index (χ0n) is 18.2. The maximum atomic E-state index is 14.2. The number of carbonyl (C=O) groups excluding carboxylic acids is 2. The van der Waals surface area contributed by atoms with Gasteiger partial charge in [0.15, 0.2) is 5.82 Å². The fourth-order valence-electron chi connectivity index (χ4n) is 3.85. The van der Waals surface area contributed by atoms with E-state index in [4.69, 9.17) is 52.1 Å². The molecular weight excluding hydrogens is 554 g/mol. The number of alkyl halides is 2. The van der Waals surface area contributed by atoms with E-state index in [0.717, 1.165) is 17.7 Å². The van der Waals surface area contributed by atoms with Crippen molar-refractivity contribution in [1.29, 1.82) is 0 Å². The number of anilines is 3. The van der Waals surface area contributed by atoms with E-state index in [-0.39, 0.29) is 22.0 Å². The van der Waals surface area contributed by atoms with E-state index in [0.29, 0.717) is 10.6 Å². The van der Waals surface area contributed by atoms with E-state index >= 15 is 0 Å². The van der Waals surface area contributed by atoms with Gasteiger partial charge in [0.05, 0.1) is 22.2 Å². The Morgan fingerprint density at radius 2 is 1.75 bits per heavy atom. The first-order valence-electron chi connectivity index (χ1n) is 10.4. The molecule has 4 rings (SSSR count). The van der Waals surface area contributed by atoms with Crippen molar-refractivity contribution in [3.63, 3.8) is 0 Å². The molecule has 4 N–H and O–H groups in total. The van der Waals surface area contributed by atoms with Crippen LogP contribution in [0.15, 0.2) is 55.1 Å². The molecule has 0 heterocycles. The van der Waals surface area contributed by atoms with Gasteiger partial charge in [-0.15, -0.1) is 23.2 Å². The molecule has 2 amide bonds. The van der Waals surface area contributed by atoms with Gasteiger partial charge in [-0.05, 0) is 53.6 Å². The molecule has 36 heavy (non-hydrogen) atoms. The molecule has 2 atom stereocenters. The molecule has 0 saturated heterocycles. The van der Waals surface area contributed by atoms with E-state index in [1.165, 1.54) is 18.2 Å². The predicted octanol–water partition coefficient (Wildman–Crippen LogP) is 7.28. The summed E-state index contributed by atoms with van der Waals surface area (Å²) in [5.74, 6) is -4.70. The molecule has 0 spiro atoms. The second-order valence-corrected chi connectivity index (χ2v) is 10.4. The van der Waals surface area contributed by atoms with Crippen molar-refractivity contribution in [2.45, 2.75) is 10.3 Å². The van der Waals surface area contributed by atoms with Crippen molar-refractivity contribution in [1.82, 2.24) is 0 Å². The maximum Gasteiger partial charge on any atom is 0.257 e. The first-order valence-corrected chi connectivity index (χ1v) is 11.9. The van der Waals surface area contributed by atoms with Gasteiger partial charge in [0.2, 0.25) is 5.91 Å². The minimum atomic E-state index is -1.38. The number of benzene rings is 3. The Bertz CT molecular complexity index is 1410. The topological polar surface area (TPSA) is 84.2 Å². The normalized spacial score (nSPS) is 17.8. The molecule has 1 fully saturated rings. The van der Waals surface area contributed by atoms with Gasteiger partial charge in [0.25, 0.3) is 5.91 Å².